The van der Waals surface area contributed by atoms with Crippen molar-refractivity contribution in [2.45, 2.75) is 24.3 Å². The molecule has 1 N–H and O–H groups in total. The van der Waals surface area contributed by atoms with Crippen molar-refractivity contribution in [3.63, 3.8) is 0 Å². The van der Waals surface area contributed by atoms with E-state index in [-0.39, 0.29) is 17.0 Å². The minimum atomic E-state index is -2.94. The fourth-order valence-corrected chi connectivity index (χ4v) is 3.05. The summed E-state index contributed by atoms with van der Waals surface area (Å²) in [7, 11) is -2.94. The molecule has 0 spiro atoms. The number of hydrogen-bond acceptors (Lipinski definition) is 7. The molecule has 2 heterocycles. The topological polar surface area (TPSA) is 92.6 Å². The second-order valence-corrected chi connectivity index (χ2v) is 6.30. The normalized spacial score (nSPS) is 22.3. The first kappa shape index (κ1) is 16.4. The van der Waals surface area contributed by atoms with Crippen LogP contribution in [0.4, 0.5) is 5.82 Å². The highest BCUT2D eigenvalue weighted by molar-refractivity contribution is 7.72. The molecular formula is C12H17ClN3O4S. The maximum absolute atomic E-state index is 11.3. The third-order valence-electron chi connectivity index (χ3n) is 3.26. The summed E-state index contributed by atoms with van der Waals surface area (Å²) in [5, 5.41) is 8.27. The molecule has 9 heteroatoms. The maximum Gasteiger partial charge on any atom is 0.224 e. The van der Waals surface area contributed by atoms with Gasteiger partial charge in [-0.1, -0.05) is 0 Å². The lowest BCUT2D eigenvalue weighted by atomic mass is 10.2. The first-order valence-electron chi connectivity index (χ1n) is 6.43. The summed E-state index contributed by atoms with van der Waals surface area (Å²) in [5.41, 5.74) is 0.141. The second-order valence-electron chi connectivity index (χ2n) is 4.83. The summed E-state index contributed by atoms with van der Waals surface area (Å²) < 4.78 is 28.0. The van der Waals surface area contributed by atoms with Crippen molar-refractivity contribution in [2.75, 3.05) is 24.7 Å². The van der Waals surface area contributed by atoms with Crippen LogP contribution < -0.4 is 4.90 Å². The van der Waals surface area contributed by atoms with Gasteiger partial charge in [-0.25, -0.2) is 18.4 Å². The van der Waals surface area contributed by atoms with Gasteiger partial charge in [0.25, 0.3) is 0 Å². The molecule has 0 aliphatic carbocycles. The average molecular weight is 335 g/mol. The number of aromatic nitrogens is 2. The number of rotatable bonds is 4. The molecule has 21 heavy (non-hydrogen) atoms. The van der Waals surface area contributed by atoms with Gasteiger partial charge in [-0.05, 0) is 25.4 Å². The molecular weight excluding hydrogens is 318 g/mol. The first-order chi connectivity index (χ1) is 9.90. The Morgan fingerprint density at radius 3 is 2.86 bits per heavy atom. The first-order valence-corrected chi connectivity index (χ1v) is 8.06. The second kappa shape index (κ2) is 6.87. The number of aliphatic hydroxyl groups excluding tert-OH is 1. The molecule has 1 radical (unpaired) electrons. The number of aliphatic hydroxyl groups is 1. The summed E-state index contributed by atoms with van der Waals surface area (Å²) >= 11 is 5.89. The highest BCUT2D eigenvalue weighted by Gasteiger charge is 2.26. The van der Waals surface area contributed by atoms with E-state index in [0.29, 0.717) is 25.6 Å². The van der Waals surface area contributed by atoms with Gasteiger partial charge < -0.3 is 14.7 Å². The molecule has 1 fully saturated rings. The summed E-state index contributed by atoms with van der Waals surface area (Å²) in [6.45, 7) is 7.05. The lowest BCUT2D eigenvalue weighted by molar-refractivity contribution is 0.0985. The van der Waals surface area contributed by atoms with Crippen molar-refractivity contribution < 1.29 is 18.3 Å². The monoisotopic (exact) mass is 334 g/mol. The van der Waals surface area contributed by atoms with Gasteiger partial charge in [0, 0.05) is 12.6 Å². The predicted molar refractivity (Wildman–Crippen MR) is 79.1 cm³/mol. The molecule has 1 saturated heterocycles. The van der Waals surface area contributed by atoms with Crippen LogP contribution in [0.15, 0.2) is 6.07 Å². The molecule has 1 aliphatic heterocycles. The Morgan fingerprint density at radius 1 is 1.57 bits per heavy atom. The van der Waals surface area contributed by atoms with Crippen LogP contribution in [0, 0.1) is 6.92 Å². The van der Waals surface area contributed by atoms with Crippen LogP contribution >= 0.6 is 11.6 Å². The number of thiol groups is 1. The van der Waals surface area contributed by atoms with E-state index in [0.717, 1.165) is 0 Å². The SMILES string of the molecule is [CH2]C(O)C(c1cc(N2CCOC[C@@H]2C)nc(Cl)n1)[SH](=O)=O. The number of halogens is 1. The Morgan fingerprint density at radius 2 is 2.29 bits per heavy atom. The fourth-order valence-electron chi connectivity index (χ4n) is 2.23. The van der Waals surface area contributed by atoms with Crippen molar-refractivity contribution in [1.29, 1.82) is 0 Å². The molecule has 2 unspecified atom stereocenters. The zero-order valence-electron chi connectivity index (χ0n) is 11.5. The maximum atomic E-state index is 11.3. The Hall–Kier alpha value is -0.960. The van der Waals surface area contributed by atoms with E-state index in [4.69, 9.17) is 16.3 Å². The van der Waals surface area contributed by atoms with E-state index in [1.807, 2.05) is 11.8 Å². The molecule has 0 amide bonds. The fraction of sp³-hybridized carbons (Fsp3) is 0.583. The van der Waals surface area contributed by atoms with Crippen LogP contribution in [0.3, 0.4) is 0 Å². The lowest BCUT2D eigenvalue weighted by Crippen LogP contribution is -2.44. The molecule has 1 aliphatic rings. The number of anilines is 1. The van der Waals surface area contributed by atoms with Crippen LogP contribution in [-0.4, -0.2) is 55.4 Å². The van der Waals surface area contributed by atoms with Gasteiger partial charge >= 0.3 is 0 Å². The minimum Gasteiger partial charge on any atom is -0.391 e. The van der Waals surface area contributed by atoms with E-state index < -0.39 is 22.1 Å². The molecule has 1 aromatic heterocycles. The van der Waals surface area contributed by atoms with Crippen LogP contribution in [0.25, 0.3) is 0 Å². The highest BCUT2D eigenvalue weighted by atomic mass is 35.5. The minimum absolute atomic E-state index is 0.0660. The molecule has 0 bridgehead atoms. The van der Waals surface area contributed by atoms with Gasteiger partial charge in [0.1, 0.15) is 11.1 Å². The van der Waals surface area contributed by atoms with Gasteiger partial charge in [0.2, 0.25) is 5.28 Å². The zero-order valence-corrected chi connectivity index (χ0v) is 13.1. The number of morpholine rings is 1. The van der Waals surface area contributed by atoms with Crippen LogP contribution in [0.2, 0.25) is 5.28 Å². The Bertz CT molecular complexity index is 574. The molecule has 117 valence electrons. The van der Waals surface area contributed by atoms with Crippen molar-refractivity contribution >= 4 is 28.1 Å². The smallest absolute Gasteiger partial charge is 0.224 e. The average Bonchev–Trinajstić information content (AvgIpc) is 2.37. The number of ether oxygens (including phenoxy) is 1. The van der Waals surface area contributed by atoms with Crippen molar-refractivity contribution in [2.24, 2.45) is 0 Å². The Balaban J connectivity index is 2.41. The standard InChI is InChI=1S/C12H17ClN3O4S/c1-7-6-20-4-3-16(7)10-5-9(14-12(13)15-10)11(8(2)17)21(18)19/h5,7-8,11,17,21H,2-4,6H2,1H3/t7-,8?,11?/m0/s1. The number of nitrogens with zero attached hydrogens (tertiary/aromatic N) is 3. The molecule has 0 aromatic carbocycles. The van der Waals surface area contributed by atoms with Gasteiger partial charge in [0.15, 0.2) is 10.7 Å². The van der Waals surface area contributed by atoms with Crippen LogP contribution in [0.1, 0.15) is 17.9 Å². The number of hydrogen-bond donors (Lipinski definition) is 2. The third kappa shape index (κ3) is 3.82. The summed E-state index contributed by atoms with van der Waals surface area (Å²) in [6, 6.07) is 1.61. The third-order valence-corrected chi connectivity index (χ3v) is 4.49. The van der Waals surface area contributed by atoms with Gasteiger partial charge in [0.05, 0.1) is 31.1 Å². The van der Waals surface area contributed by atoms with E-state index in [9.17, 15) is 13.5 Å². The molecule has 3 atom stereocenters. The summed E-state index contributed by atoms with van der Waals surface area (Å²) in [6.07, 6.45) is -1.33. The van der Waals surface area contributed by atoms with Crippen LogP contribution in [0.5, 0.6) is 0 Å². The summed E-state index contributed by atoms with van der Waals surface area (Å²) in [5.74, 6) is 0.517. The van der Waals surface area contributed by atoms with E-state index >= 15 is 0 Å². The molecule has 1 aromatic rings. The Labute approximate surface area is 129 Å². The van der Waals surface area contributed by atoms with Gasteiger partial charge in [-0.3, -0.25) is 0 Å². The van der Waals surface area contributed by atoms with Crippen molar-refractivity contribution in [3.05, 3.63) is 24.0 Å². The van der Waals surface area contributed by atoms with E-state index in [1.54, 1.807) is 0 Å². The zero-order chi connectivity index (χ0) is 15.6. The van der Waals surface area contributed by atoms with Gasteiger partial charge in [-0.2, -0.15) is 0 Å². The summed E-state index contributed by atoms with van der Waals surface area (Å²) in [4.78, 5) is 10.0. The van der Waals surface area contributed by atoms with Crippen molar-refractivity contribution in [3.8, 4) is 0 Å². The van der Waals surface area contributed by atoms with E-state index in [1.165, 1.54) is 6.07 Å². The van der Waals surface area contributed by atoms with Gasteiger partial charge in [-0.15, -0.1) is 0 Å². The quantitative estimate of drug-likeness (QED) is 0.600. The molecule has 0 saturated carbocycles. The highest BCUT2D eigenvalue weighted by Crippen LogP contribution is 2.26. The van der Waals surface area contributed by atoms with E-state index in [2.05, 4.69) is 16.9 Å². The predicted octanol–water partition coefficient (Wildman–Crippen LogP) is 0.203. The lowest BCUT2D eigenvalue weighted by Gasteiger charge is -2.34. The largest absolute Gasteiger partial charge is 0.391 e. The molecule has 2 rings (SSSR count). The molecule has 7 nitrogen and oxygen atoms in total. The van der Waals surface area contributed by atoms with Crippen LogP contribution in [-0.2, 0) is 15.4 Å². The van der Waals surface area contributed by atoms with Crippen molar-refractivity contribution in [1.82, 2.24) is 9.97 Å². The Kier molecular flexibility index (Phi) is 5.37.